The van der Waals surface area contributed by atoms with Crippen LogP contribution in [0.2, 0.25) is 25.7 Å². The highest BCUT2D eigenvalue weighted by molar-refractivity contribution is 6.76. The van der Waals surface area contributed by atoms with Gasteiger partial charge in [0.15, 0.2) is 5.41 Å². The smallest absolute Gasteiger partial charge is 0.323 e. The van der Waals surface area contributed by atoms with Gasteiger partial charge in [-0.25, -0.2) is 0 Å². The van der Waals surface area contributed by atoms with Gasteiger partial charge in [-0.2, -0.15) is 0 Å². The molecule has 4 atom stereocenters. The van der Waals surface area contributed by atoms with Crippen LogP contribution in [-0.2, 0) is 23.8 Å². The van der Waals surface area contributed by atoms with Crippen LogP contribution in [0.1, 0.15) is 43.7 Å². The highest BCUT2D eigenvalue weighted by atomic mass is 28.3. The fourth-order valence-electron chi connectivity index (χ4n) is 4.64. The molecule has 28 heavy (non-hydrogen) atoms. The van der Waals surface area contributed by atoms with Crippen LogP contribution in [0.15, 0.2) is 24.3 Å². The Kier molecular flexibility index (Phi) is 5.74. The first-order chi connectivity index (χ1) is 13.1. The number of esters is 2. The molecule has 0 unspecified atom stereocenters. The Morgan fingerprint density at radius 1 is 1.00 bits per heavy atom. The van der Waals surface area contributed by atoms with Gasteiger partial charge in [-0.15, -0.1) is 0 Å². The summed E-state index contributed by atoms with van der Waals surface area (Å²) in [6.07, 6.45) is -0.107. The summed E-state index contributed by atoms with van der Waals surface area (Å²) >= 11 is 0. The van der Waals surface area contributed by atoms with E-state index in [2.05, 4.69) is 25.7 Å². The van der Waals surface area contributed by atoms with Gasteiger partial charge in [0.1, 0.15) is 0 Å². The molecule has 3 rings (SSSR count). The van der Waals surface area contributed by atoms with Crippen LogP contribution >= 0.6 is 0 Å². The summed E-state index contributed by atoms with van der Waals surface area (Å²) in [5, 5.41) is 0. The lowest BCUT2D eigenvalue weighted by Gasteiger charge is -2.38. The summed E-state index contributed by atoms with van der Waals surface area (Å²) in [7, 11) is -1.33. The second-order valence-corrected chi connectivity index (χ2v) is 14.7. The summed E-state index contributed by atoms with van der Waals surface area (Å²) in [6.45, 7) is 12.7. The number of carbonyl (C=O) groups excluding carboxylic acids is 2. The van der Waals surface area contributed by atoms with Gasteiger partial charge < -0.3 is 14.2 Å². The fourth-order valence-corrected chi connectivity index (χ4v) is 6.41. The third-order valence-corrected chi connectivity index (χ3v) is 7.53. The molecule has 1 aromatic rings. The molecule has 1 saturated heterocycles. The summed E-state index contributed by atoms with van der Waals surface area (Å²) in [4.78, 5) is 26.0. The normalized spacial score (nSPS) is 26.1. The minimum atomic E-state index is -1.42. The SMILES string of the molecule is CCOC(=O)C(C)(C(=O)OCC)[C@H]1c2ccccc2[C@@H](C[Si](C)(C)C)[C@@H]2O[C@@H]21. The Hall–Kier alpha value is -1.66. The Morgan fingerprint density at radius 2 is 1.54 bits per heavy atom. The van der Waals surface area contributed by atoms with Crippen LogP contribution in [0.5, 0.6) is 0 Å². The molecule has 5 nitrogen and oxygen atoms in total. The molecule has 1 aliphatic carbocycles. The van der Waals surface area contributed by atoms with E-state index in [4.69, 9.17) is 14.2 Å². The molecular formula is C22H32O5Si. The van der Waals surface area contributed by atoms with E-state index in [9.17, 15) is 9.59 Å². The molecule has 1 fully saturated rings. The van der Waals surface area contributed by atoms with E-state index in [1.54, 1.807) is 20.8 Å². The van der Waals surface area contributed by atoms with Crippen molar-refractivity contribution in [3.63, 3.8) is 0 Å². The molecule has 6 heteroatoms. The van der Waals surface area contributed by atoms with Crippen LogP contribution in [0.3, 0.4) is 0 Å². The molecule has 0 bridgehead atoms. The van der Waals surface area contributed by atoms with Crippen LogP contribution in [-0.4, -0.2) is 45.4 Å². The van der Waals surface area contributed by atoms with E-state index >= 15 is 0 Å². The molecule has 1 heterocycles. The molecular weight excluding hydrogens is 372 g/mol. The largest absolute Gasteiger partial charge is 0.465 e. The van der Waals surface area contributed by atoms with Crippen molar-refractivity contribution in [1.29, 1.82) is 0 Å². The Morgan fingerprint density at radius 3 is 2.04 bits per heavy atom. The predicted molar refractivity (Wildman–Crippen MR) is 110 cm³/mol. The number of benzene rings is 1. The quantitative estimate of drug-likeness (QED) is 0.296. The van der Waals surface area contributed by atoms with Gasteiger partial charge in [0.2, 0.25) is 0 Å². The van der Waals surface area contributed by atoms with Gasteiger partial charge in [0.25, 0.3) is 0 Å². The standard InChI is InChI=1S/C22H32O5Si/c1-7-25-20(23)22(3,21(24)26-8-2)17-15-12-10-9-11-14(15)16(13-28(4,5)6)18-19(17)27-18/h9-12,16-19H,7-8,13H2,1-6H3/t16-,17+,18+,19-/m1/s1. The monoisotopic (exact) mass is 404 g/mol. The van der Waals surface area contributed by atoms with Gasteiger partial charge in [0, 0.05) is 19.9 Å². The molecule has 2 aliphatic rings. The number of rotatable bonds is 7. The van der Waals surface area contributed by atoms with Crippen LogP contribution < -0.4 is 0 Å². The Balaban J connectivity index is 2.08. The molecule has 1 aliphatic heterocycles. The van der Waals surface area contributed by atoms with Crippen molar-refractivity contribution >= 4 is 20.0 Å². The maximum absolute atomic E-state index is 13.0. The van der Waals surface area contributed by atoms with E-state index in [1.807, 2.05) is 18.2 Å². The first-order valence-corrected chi connectivity index (χ1v) is 13.9. The Labute approximate surface area is 168 Å². The topological polar surface area (TPSA) is 65.1 Å². The third-order valence-electron chi connectivity index (χ3n) is 5.87. The first-order valence-electron chi connectivity index (χ1n) is 10.2. The van der Waals surface area contributed by atoms with Crippen LogP contribution in [0.4, 0.5) is 0 Å². The zero-order chi connectivity index (χ0) is 20.7. The molecule has 0 N–H and O–H groups in total. The molecule has 0 aromatic heterocycles. The summed E-state index contributed by atoms with van der Waals surface area (Å²) in [5.74, 6) is -1.15. The zero-order valence-corrected chi connectivity index (χ0v) is 18.8. The van der Waals surface area contributed by atoms with Gasteiger partial charge >= 0.3 is 11.9 Å². The molecule has 154 valence electrons. The van der Waals surface area contributed by atoms with E-state index in [1.165, 1.54) is 5.56 Å². The fraction of sp³-hybridized carbons (Fsp3) is 0.636. The minimum absolute atomic E-state index is 0.0507. The van der Waals surface area contributed by atoms with Crippen molar-refractivity contribution in [3.05, 3.63) is 35.4 Å². The van der Waals surface area contributed by atoms with Crippen molar-refractivity contribution in [3.8, 4) is 0 Å². The van der Waals surface area contributed by atoms with Crippen molar-refractivity contribution in [2.75, 3.05) is 13.2 Å². The maximum atomic E-state index is 13.0. The number of ether oxygens (including phenoxy) is 3. The van der Waals surface area contributed by atoms with Gasteiger partial charge in [0.05, 0.1) is 25.4 Å². The molecule has 0 radical (unpaired) electrons. The van der Waals surface area contributed by atoms with E-state index in [0.29, 0.717) is 5.92 Å². The van der Waals surface area contributed by atoms with Gasteiger partial charge in [-0.3, -0.25) is 9.59 Å². The van der Waals surface area contributed by atoms with Crippen molar-refractivity contribution in [2.45, 2.75) is 70.5 Å². The summed E-state index contributed by atoms with van der Waals surface area (Å²) < 4.78 is 16.8. The van der Waals surface area contributed by atoms with Crippen molar-refractivity contribution in [2.24, 2.45) is 5.41 Å². The average molecular weight is 405 g/mol. The average Bonchev–Trinajstić information content (AvgIpc) is 3.40. The van der Waals surface area contributed by atoms with Gasteiger partial charge in [-0.05, 0) is 37.9 Å². The van der Waals surface area contributed by atoms with E-state index in [0.717, 1.165) is 11.6 Å². The lowest BCUT2D eigenvalue weighted by molar-refractivity contribution is -0.173. The highest BCUT2D eigenvalue weighted by Gasteiger charge is 2.65. The second-order valence-electron chi connectivity index (χ2n) is 9.19. The number of fused-ring (bicyclic) bond motifs is 2. The minimum Gasteiger partial charge on any atom is -0.465 e. The second kappa shape index (κ2) is 7.63. The zero-order valence-electron chi connectivity index (χ0n) is 17.8. The van der Waals surface area contributed by atoms with Gasteiger partial charge in [-0.1, -0.05) is 43.9 Å². The lowest BCUT2D eigenvalue weighted by atomic mass is 9.65. The third kappa shape index (κ3) is 3.64. The molecule has 0 amide bonds. The van der Waals surface area contributed by atoms with Crippen molar-refractivity contribution in [1.82, 2.24) is 0 Å². The van der Waals surface area contributed by atoms with Crippen molar-refractivity contribution < 1.29 is 23.8 Å². The number of carbonyl (C=O) groups is 2. The maximum Gasteiger partial charge on any atom is 0.323 e. The molecule has 0 spiro atoms. The lowest BCUT2D eigenvalue weighted by Crippen LogP contribution is -2.48. The molecule has 1 aromatic carbocycles. The van der Waals surface area contributed by atoms with E-state index < -0.39 is 31.3 Å². The first kappa shape index (κ1) is 21.1. The highest BCUT2D eigenvalue weighted by Crippen LogP contribution is 2.58. The van der Waals surface area contributed by atoms with E-state index in [-0.39, 0.29) is 25.4 Å². The van der Waals surface area contributed by atoms with Crippen LogP contribution in [0.25, 0.3) is 0 Å². The Bertz CT molecular complexity index is 736. The summed E-state index contributed by atoms with van der Waals surface area (Å²) in [5.41, 5.74) is 0.799. The summed E-state index contributed by atoms with van der Waals surface area (Å²) in [6, 6.07) is 9.28. The van der Waals surface area contributed by atoms with Crippen LogP contribution in [0, 0.1) is 5.41 Å². The molecule has 0 saturated carbocycles. The predicted octanol–water partition coefficient (Wildman–Crippen LogP) is 4.11. The number of hydrogen-bond donors (Lipinski definition) is 0. The number of hydrogen-bond acceptors (Lipinski definition) is 5. The number of epoxide rings is 1.